The van der Waals surface area contributed by atoms with Gasteiger partial charge in [0.25, 0.3) is 0 Å². The van der Waals surface area contributed by atoms with Crippen molar-refractivity contribution in [3.63, 3.8) is 0 Å². The molecule has 0 saturated heterocycles. The first-order valence-corrected chi connectivity index (χ1v) is 7.44. The van der Waals surface area contributed by atoms with Gasteiger partial charge in [-0.2, -0.15) is 0 Å². The lowest BCUT2D eigenvalue weighted by Gasteiger charge is -2.20. The zero-order valence-electron chi connectivity index (χ0n) is 12.4. The number of rotatable bonds is 10. The van der Waals surface area contributed by atoms with Crippen LogP contribution in [-0.4, -0.2) is 31.1 Å². The minimum atomic E-state index is 0.587. The van der Waals surface area contributed by atoms with E-state index in [1.54, 1.807) is 0 Å². The summed E-state index contributed by atoms with van der Waals surface area (Å²) >= 11 is 0. The molecule has 0 saturated carbocycles. The van der Waals surface area contributed by atoms with Crippen molar-refractivity contribution in [2.45, 2.75) is 39.7 Å². The third-order valence-electron chi connectivity index (χ3n) is 3.13. The van der Waals surface area contributed by atoms with Gasteiger partial charge in [-0.25, -0.2) is 0 Å². The summed E-state index contributed by atoms with van der Waals surface area (Å²) in [6.07, 6.45) is 3.53. The first kappa shape index (κ1) is 16.0. The topological polar surface area (TPSA) is 38.5 Å². The lowest BCUT2D eigenvalue weighted by molar-refractivity contribution is 0.234. The largest absolute Gasteiger partial charge is 0.494 e. The molecule has 0 amide bonds. The predicted molar refractivity (Wildman–Crippen MR) is 81.5 cm³/mol. The van der Waals surface area contributed by atoms with Crippen LogP contribution in [-0.2, 0) is 6.54 Å². The predicted octanol–water partition coefficient (Wildman–Crippen LogP) is 3.04. The highest BCUT2D eigenvalue weighted by molar-refractivity contribution is 5.26. The molecule has 3 heteroatoms. The summed E-state index contributed by atoms with van der Waals surface area (Å²) in [5.74, 6) is 0.940. The highest BCUT2D eigenvalue weighted by Gasteiger charge is 2.02. The molecule has 0 heterocycles. The Morgan fingerprint density at radius 2 is 1.63 bits per heavy atom. The third kappa shape index (κ3) is 6.60. The summed E-state index contributed by atoms with van der Waals surface area (Å²) in [5, 5.41) is 0. The molecule has 0 radical (unpaired) electrons. The molecule has 0 aliphatic heterocycles. The van der Waals surface area contributed by atoms with E-state index >= 15 is 0 Å². The van der Waals surface area contributed by atoms with Gasteiger partial charge in [-0.3, -0.25) is 0 Å². The zero-order chi connectivity index (χ0) is 13.9. The van der Waals surface area contributed by atoms with Crippen LogP contribution >= 0.6 is 0 Å². The lowest BCUT2D eigenvalue weighted by Crippen LogP contribution is -2.27. The van der Waals surface area contributed by atoms with Gasteiger partial charge in [-0.1, -0.05) is 26.0 Å². The smallest absolute Gasteiger partial charge is 0.119 e. The second kappa shape index (κ2) is 9.82. The van der Waals surface area contributed by atoms with Gasteiger partial charge in [0.15, 0.2) is 0 Å². The van der Waals surface area contributed by atoms with Crippen molar-refractivity contribution in [2.75, 3.05) is 26.2 Å². The molecular formula is C16H28N2O. The molecule has 19 heavy (non-hydrogen) atoms. The van der Waals surface area contributed by atoms with Crippen LogP contribution in [0.2, 0.25) is 0 Å². The van der Waals surface area contributed by atoms with E-state index in [0.29, 0.717) is 6.54 Å². The number of ether oxygens (including phenoxy) is 1. The maximum absolute atomic E-state index is 5.74. The van der Waals surface area contributed by atoms with Crippen LogP contribution in [0, 0.1) is 0 Å². The monoisotopic (exact) mass is 264 g/mol. The van der Waals surface area contributed by atoms with E-state index in [1.807, 2.05) is 24.3 Å². The molecular weight excluding hydrogens is 236 g/mol. The number of hydrogen-bond donors (Lipinski definition) is 1. The summed E-state index contributed by atoms with van der Waals surface area (Å²) in [6, 6.07) is 8.04. The molecule has 1 aromatic carbocycles. The third-order valence-corrected chi connectivity index (χ3v) is 3.13. The van der Waals surface area contributed by atoms with Gasteiger partial charge in [-0.05, 0) is 50.0 Å². The summed E-state index contributed by atoms with van der Waals surface area (Å²) in [6.45, 7) is 9.35. The number of hydrogen-bond acceptors (Lipinski definition) is 3. The van der Waals surface area contributed by atoms with Crippen molar-refractivity contribution >= 4 is 0 Å². The molecule has 1 aromatic rings. The minimum absolute atomic E-state index is 0.587. The molecule has 0 aliphatic carbocycles. The fraction of sp³-hybridized carbons (Fsp3) is 0.625. The summed E-state index contributed by atoms with van der Waals surface area (Å²) in [4.78, 5) is 2.51. The molecule has 0 aromatic heterocycles. The van der Waals surface area contributed by atoms with Gasteiger partial charge in [0, 0.05) is 13.1 Å². The maximum atomic E-state index is 5.74. The molecule has 1 rings (SSSR count). The van der Waals surface area contributed by atoms with E-state index in [-0.39, 0.29) is 0 Å². The van der Waals surface area contributed by atoms with Crippen molar-refractivity contribution in [3.8, 4) is 5.75 Å². The Morgan fingerprint density at radius 3 is 2.16 bits per heavy atom. The molecule has 0 unspecified atom stereocenters. The van der Waals surface area contributed by atoms with Gasteiger partial charge in [0.2, 0.25) is 0 Å². The molecule has 108 valence electrons. The van der Waals surface area contributed by atoms with Crippen molar-refractivity contribution in [1.29, 1.82) is 0 Å². The van der Waals surface area contributed by atoms with E-state index in [1.165, 1.54) is 25.9 Å². The maximum Gasteiger partial charge on any atom is 0.119 e. The number of nitrogens with two attached hydrogens (primary N) is 1. The fourth-order valence-corrected chi connectivity index (χ4v) is 2.17. The van der Waals surface area contributed by atoms with E-state index in [4.69, 9.17) is 10.5 Å². The minimum Gasteiger partial charge on any atom is -0.494 e. The standard InChI is InChI=1S/C16H28N2O/c1-3-10-18(11-4-2)12-5-13-19-16-8-6-15(14-17)7-9-16/h6-9H,3-5,10-14,17H2,1-2H3. The van der Waals surface area contributed by atoms with Gasteiger partial charge in [0.1, 0.15) is 5.75 Å². The summed E-state index contributed by atoms with van der Waals surface area (Å²) in [7, 11) is 0. The van der Waals surface area contributed by atoms with Crippen LogP contribution in [0.3, 0.4) is 0 Å². The Morgan fingerprint density at radius 1 is 1.00 bits per heavy atom. The van der Waals surface area contributed by atoms with Gasteiger partial charge >= 0.3 is 0 Å². The van der Waals surface area contributed by atoms with Crippen LogP contribution in [0.15, 0.2) is 24.3 Å². The molecule has 0 bridgehead atoms. The highest BCUT2D eigenvalue weighted by atomic mass is 16.5. The van der Waals surface area contributed by atoms with Crippen LogP contribution in [0.1, 0.15) is 38.7 Å². The van der Waals surface area contributed by atoms with Gasteiger partial charge < -0.3 is 15.4 Å². The molecule has 3 nitrogen and oxygen atoms in total. The Balaban J connectivity index is 2.21. The first-order chi connectivity index (χ1) is 9.30. The summed E-state index contributed by atoms with van der Waals surface area (Å²) in [5.41, 5.74) is 6.71. The fourth-order valence-electron chi connectivity index (χ4n) is 2.17. The summed E-state index contributed by atoms with van der Waals surface area (Å²) < 4.78 is 5.74. The van der Waals surface area contributed by atoms with Crippen molar-refractivity contribution in [2.24, 2.45) is 5.73 Å². The Bertz CT molecular complexity index is 318. The molecule has 2 N–H and O–H groups in total. The van der Waals surface area contributed by atoms with E-state index in [2.05, 4.69) is 18.7 Å². The van der Waals surface area contributed by atoms with E-state index < -0.39 is 0 Å². The van der Waals surface area contributed by atoms with Crippen molar-refractivity contribution in [3.05, 3.63) is 29.8 Å². The van der Waals surface area contributed by atoms with Crippen molar-refractivity contribution < 1.29 is 4.74 Å². The second-order valence-corrected chi connectivity index (χ2v) is 4.89. The zero-order valence-corrected chi connectivity index (χ0v) is 12.4. The van der Waals surface area contributed by atoms with E-state index in [0.717, 1.165) is 30.9 Å². The molecule has 0 atom stereocenters. The Labute approximate surface area is 117 Å². The van der Waals surface area contributed by atoms with Gasteiger partial charge in [-0.15, -0.1) is 0 Å². The Hall–Kier alpha value is -1.06. The Kier molecular flexibility index (Phi) is 8.26. The van der Waals surface area contributed by atoms with Crippen LogP contribution in [0.4, 0.5) is 0 Å². The van der Waals surface area contributed by atoms with Crippen LogP contribution in [0.25, 0.3) is 0 Å². The average molecular weight is 264 g/mol. The second-order valence-electron chi connectivity index (χ2n) is 4.89. The molecule has 0 aliphatic rings. The highest BCUT2D eigenvalue weighted by Crippen LogP contribution is 2.12. The van der Waals surface area contributed by atoms with Crippen molar-refractivity contribution in [1.82, 2.24) is 4.90 Å². The van der Waals surface area contributed by atoms with Crippen LogP contribution < -0.4 is 10.5 Å². The number of benzene rings is 1. The van der Waals surface area contributed by atoms with Gasteiger partial charge in [0.05, 0.1) is 6.61 Å². The number of nitrogens with zero attached hydrogens (tertiary/aromatic N) is 1. The quantitative estimate of drug-likeness (QED) is 0.660. The first-order valence-electron chi connectivity index (χ1n) is 7.44. The average Bonchev–Trinajstić information content (AvgIpc) is 2.44. The normalized spacial score (nSPS) is 10.9. The van der Waals surface area contributed by atoms with Crippen LogP contribution in [0.5, 0.6) is 5.75 Å². The lowest BCUT2D eigenvalue weighted by atomic mass is 10.2. The van der Waals surface area contributed by atoms with E-state index in [9.17, 15) is 0 Å². The SMILES string of the molecule is CCCN(CCC)CCCOc1ccc(CN)cc1. The molecule has 0 spiro atoms. The molecule has 0 fully saturated rings.